The lowest BCUT2D eigenvalue weighted by molar-refractivity contribution is -0.682. The van der Waals surface area contributed by atoms with Gasteiger partial charge in [-0.2, -0.15) is 13.2 Å². The topological polar surface area (TPSA) is 19.7 Å². The Morgan fingerprint density at radius 2 is 1.67 bits per heavy atom. The van der Waals surface area contributed by atoms with Crippen LogP contribution in [-0.2, 0) is 12.7 Å². The number of nitrogens with one attached hydrogen (secondary N) is 1. The molecule has 0 aliphatic rings. The van der Waals surface area contributed by atoms with Crippen molar-refractivity contribution in [2.75, 3.05) is 0 Å². The van der Waals surface area contributed by atoms with Crippen molar-refractivity contribution in [2.45, 2.75) is 12.7 Å². The number of alkyl halides is 3. The Morgan fingerprint density at radius 1 is 1.00 bits per heavy atom. The number of benzene rings is 2. The van der Waals surface area contributed by atoms with E-state index in [0.29, 0.717) is 16.1 Å². The summed E-state index contributed by atoms with van der Waals surface area (Å²) in [4.78, 5) is 2.45. The van der Waals surface area contributed by atoms with Crippen molar-refractivity contribution in [1.82, 2.24) is 4.98 Å². The van der Waals surface area contributed by atoms with Crippen LogP contribution in [0, 0.1) is 0 Å². The first-order valence-electron chi connectivity index (χ1n) is 6.27. The average molecular weight is 312 g/mol. The lowest BCUT2D eigenvalue weighted by atomic mass is 10.2. The molecule has 0 saturated carbocycles. The zero-order valence-corrected chi connectivity index (χ0v) is 11.5. The number of hydrogen-bond acceptors (Lipinski definition) is 0. The van der Waals surface area contributed by atoms with Crippen molar-refractivity contribution < 1.29 is 17.7 Å². The molecule has 0 unspecified atom stereocenters. The third-order valence-electron chi connectivity index (χ3n) is 3.24. The lowest BCUT2D eigenvalue weighted by Crippen LogP contribution is -2.41. The zero-order valence-electron chi connectivity index (χ0n) is 10.8. The molecule has 21 heavy (non-hydrogen) atoms. The van der Waals surface area contributed by atoms with E-state index in [0.717, 1.165) is 5.56 Å². The maximum atomic E-state index is 13.2. The van der Waals surface area contributed by atoms with Crippen LogP contribution in [0.15, 0.2) is 48.5 Å². The molecule has 0 spiro atoms. The van der Waals surface area contributed by atoms with E-state index >= 15 is 0 Å². The summed E-state index contributed by atoms with van der Waals surface area (Å²) in [6, 6.07) is 13.5. The minimum Gasteiger partial charge on any atom is -0.233 e. The van der Waals surface area contributed by atoms with Gasteiger partial charge in [0.05, 0.1) is 0 Å². The normalized spacial score (nSPS) is 12.0. The van der Waals surface area contributed by atoms with E-state index in [1.807, 2.05) is 0 Å². The van der Waals surface area contributed by atoms with E-state index in [9.17, 15) is 13.2 Å². The molecule has 0 radical (unpaired) electrons. The first-order valence-corrected chi connectivity index (χ1v) is 6.65. The fourth-order valence-corrected chi connectivity index (χ4v) is 2.42. The highest BCUT2D eigenvalue weighted by atomic mass is 35.5. The van der Waals surface area contributed by atoms with Gasteiger partial charge in [0.1, 0.15) is 6.54 Å². The lowest BCUT2D eigenvalue weighted by Gasteiger charge is -2.05. The van der Waals surface area contributed by atoms with Crippen LogP contribution in [0.1, 0.15) is 11.4 Å². The van der Waals surface area contributed by atoms with Crippen molar-refractivity contribution in [3.63, 3.8) is 0 Å². The van der Waals surface area contributed by atoms with Crippen molar-refractivity contribution >= 4 is 22.6 Å². The van der Waals surface area contributed by atoms with Crippen molar-refractivity contribution in [1.29, 1.82) is 0 Å². The number of aromatic nitrogens is 2. The van der Waals surface area contributed by atoms with Gasteiger partial charge in [-0.25, -0.2) is 9.55 Å². The van der Waals surface area contributed by atoms with Crippen LogP contribution in [-0.4, -0.2) is 4.98 Å². The SMILES string of the molecule is FC(F)(F)c1[nH]c2ccccc2[n+]1Cc1ccc(Cl)cc1. The van der Waals surface area contributed by atoms with Crippen molar-refractivity contribution in [3.8, 4) is 0 Å². The molecule has 1 aromatic heterocycles. The largest absolute Gasteiger partial charge is 0.494 e. The molecule has 0 saturated heterocycles. The molecular formula is C15H11ClF3N2+. The number of rotatable bonds is 2. The van der Waals surface area contributed by atoms with E-state index < -0.39 is 12.0 Å². The van der Waals surface area contributed by atoms with Gasteiger partial charge >= 0.3 is 12.0 Å². The number of aromatic amines is 1. The molecule has 2 nitrogen and oxygen atoms in total. The van der Waals surface area contributed by atoms with Crippen LogP contribution in [0.25, 0.3) is 11.0 Å². The smallest absolute Gasteiger partial charge is 0.233 e. The Labute approximate surface area is 123 Å². The minimum absolute atomic E-state index is 0.121. The highest BCUT2D eigenvalue weighted by molar-refractivity contribution is 6.30. The summed E-state index contributed by atoms with van der Waals surface area (Å²) in [5.41, 5.74) is 1.72. The fourth-order valence-electron chi connectivity index (χ4n) is 2.29. The van der Waals surface area contributed by atoms with Crippen LogP contribution >= 0.6 is 11.6 Å². The Kier molecular flexibility index (Phi) is 3.37. The Balaban J connectivity index is 2.13. The first-order chi connectivity index (χ1) is 9.95. The monoisotopic (exact) mass is 311 g/mol. The maximum absolute atomic E-state index is 13.2. The maximum Gasteiger partial charge on any atom is 0.494 e. The summed E-state index contributed by atoms with van der Waals surface area (Å²) in [7, 11) is 0. The van der Waals surface area contributed by atoms with Gasteiger partial charge < -0.3 is 0 Å². The van der Waals surface area contributed by atoms with Crippen LogP contribution in [0.3, 0.4) is 0 Å². The minimum atomic E-state index is -4.44. The third kappa shape index (κ3) is 2.74. The number of para-hydroxylation sites is 2. The summed E-state index contributed by atoms with van der Waals surface area (Å²) in [6.45, 7) is 0.121. The third-order valence-corrected chi connectivity index (χ3v) is 3.49. The standard InChI is InChI=1S/C15H10ClF3N2/c16-11-7-5-10(6-8-11)9-21-13-4-2-1-3-12(13)20-14(21)15(17,18)19/h1-8H,9H2/p+1. The second-order valence-electron chi connectivity index (χ2n) is 4.70. The highest BCUT2D eigenvalue weighted by Crippen LogP contribution is 2.27. The number of hydrogen-bond donors (Lipinski definition) is 1. The van der Waals surface area contributed by atoms with Gasteiger partial charge in [-0.1, -0.05) is 35.9 Å². The molecule has 0 atom stereocenters. The molecule has 1 heterocycles. The van der Waals surface area contributed by atoms with Crippen LogP contribution in [0.5, 0.6) is 0 Å². The fraction of sp³-hybridized carbons (Fsp3) is 0.133. The number of imidazole rings is 1. The quantitative estimate of drug-likeness (QED) is 0.685. The van der Waals surface area contributed by atoms with E-state index in [-0.39, 0.29) is 6.54 Å². The Morgan fingerprint density at radius 3 is 2.33 bits per heavy atom. The van der Waals surface area contributed by atoms with E-state index in [2.05, 4.69) is 4.98 Å². The van der Waals surface area contributed by atoms with Gasteiger partial charge in [-0.3, -0.25) is 0 Å². The van der Waals surface area contributed by atoms with Gasteiger partial charge in [0.15, 0.2) is 11.0 Å². The van der Waals surface area contributed by atoms with E-state index in [4.69, 9.17) is 11.6 Å². The zero-order chi connectivity index (χ0) is 15.0. The number of halogens is 4. The molecule has 0 aliphatic heterocycles. The van der Waals surface area contributed by atoms with Crippen LogP contribution in [0.2, 0.25) is 5.02 Å². The summed E-state index contributed by atoms with van der Waals surface area (Å²) < 4.78 is 40.8. The molecule has 3 rings (SSSR count). The van der Waals surface area contributed by atoms with E-state index in [1.165, 1.54) is 4.57 Å². The van der Waals surface area contributed by atoms with Crippen LogP contribution < -0.4 is 4.57 Å². The molecular weight excluding hydrogens is 301 g/mol. The average Bonchev–Trinajstić information content (AvgIpc) is 2.81. The van der Waals surface area contributed by atoms with Crippen molar-refractivity contribution in [3.05, 3.63) is 64.9 Å². The van der Waals surface area contributed by atoms with E-state index in [1.54, 1.807) is 48.5 Å². The Hall–Kier alpha value is -2.01. The van der Waals surface area contributed by atoms with Crippen LogP contribution in [0.4, 0.5) is 13.2 Å². The second-order valence-corrected chi connectivity index (χ2v) is 5.14. The predicted molar refractivity (Wildman–Crippen MR) is 74.0 cm³/mol. The summed E-state index contributed by atoms with van der Waals surface area (Å²) in [5, 5.41) is 0.554. The molecule has 0 fully saturated rings. The molecule has 0 amide bonds. The highest BCUT2D eigenvalue weighted by Gasteiger charge is 2.43. The number of nitrogens with zero attached hydrogens (tertiary/aromatic N) is 1. The van der Waals surface area contributed by atoms with Gasteiger partial charge in [-0.05, 0) is 29.8 Å². The van der Waals surface area contributed by atoms with Gasteiger partial charge in [-0.15, -0.1) is 0 Å². The molecule has 1 N–H and O–H groups in total. The van der Waals surface area contributed by atoms with Gasteiger partial charge in [0.25, 0.3) is 0 Å². The molecule has 2 aromatic carbocycles. The summed E-state index contributed by atoms with van der Waals surface area (Å²) >= 11 is 5.80. The Bertz CT molecular complexity index is 776. The van der Waals surface area contributed by atoms with Gasteiger partial charge in [0.2, 0.25) is 0 Å². The molecule has 6 heteroatoms. The van der Waals surface area contributed by atoms with Crippen molar-refractivity contribution in [2.24, 2.45) is 0 Å². The molecule has 3 aromatic rings. The number of H-pyrrole nitrogens is 1. The summed E-state index contributed by atoms with van der Waals surface area (Å²) in [5.74, 6) is -0.765. The number of fused-ring (bicyclic) bond motifs is 1. The second kappa shape index (κ2) is 5.07. The predicted octanol–water partition coefficient (Wildman–Crippen LogP) is 4.18. The first kappa shape index (κ1) is 13.9. The summed E-state index contributed by atoms with van der Waals surface area (Å²) in [6.07, 6.45) is -4.44. The molecule has 108 valence electrons. The van der Waals surface area contributed by atoms with Gasteiger partial charge in [0, 0.05) is 5.02 Å². The molecule has 0 bridgehead atoms. The molecule has 0 aliphatic carbocycles.